The first-order valence-electron chi connectivity index (χ1n) is 5.64. The normalized spacial score (nSPS) is 11.2. The summed E-state index contributed by atoms with van der Waals surface area (Å²) in [6, 6.07) is 7.48. The molecule has 0 aliphatic carbocycles. The van der Waals surface area contributed by atoms with Crippen LogP contribution in [0.3, 0.4) is 0 Å². The van der Waals surface area contributed by atoms with Gasteiger partial charge in [-0.2, -0.15) is 0 Å². The van der Waals surface area contributed by atoms with E-state index in [1.807, 2.05) is 0 Å². The Kier molecular flexibility index (Phi) is 3.41. The first kappa shape index (κ1) is 13.9. The van der Waals surface area contributed by atoms with E-state index in [0.717, 1.165) is 0 Å². The molecule has 0 bridgehead atoms. The van der Waals surface area contributed by atoms with Gasteiger partial charge in [0.05, 0.1) is 0 Å². The van der Waals surface area contributed by atoms with Gasteiger partial charge in [-0.1, -0.05) is 0 Å². The number of carbonyl (C=O) groups is 1. The number of nitrogens with two attached hydrogens (primary N) is 2. The molecule has 0 fully saturated rings. The van der Waals surface area contributed by atoms with Crippen molar-refractivity contribution in [3.05, 3.63) is 42.2 Å². The van der Waals surface area contributed by atoms with Crippen molar-refractivity contribution in [3.8, 4) is 0 Å². The molecular formula is C12H14N4O3S. The van der Waals surface area contributed by atoms with E-state index in [4.69, 9.17) is 11.5 Å². The zero-order valence-corrected chi connectivity index (χ0v) is 11.5. The molecule has 0 atom stereocenters. The molecule has 5 N–H and O–H groups in total. The lowest BCUT2D eigenvalue weighted by atomic mass is 10.3. The van der Waals surface area contributed by atoms with Crippen molar-refractivity contribution >= 4 is 27.3 Å². The second-order valence-electron chi connectivity index (χ2n) is 4.26. The number of benzene rings is 1. The summed E-state index contributed by atoms with van der Waals surface area (Å²) in [5, 5.41) is 0. The van der Waals surface area contributed by atoms with Gasteiger partial charge in [-0.3, -0.25) is 9.52 Å². The smallest absolute Gasteiger partial charge is 0.265 e. The highest BCUT2D eigenvalue weighted by Crippen LogP contribution is 2.19. The Labute approximate surface area is 116 Å². The van der Waals surface area contributed by atoms with Crippen LogP contribution in [0, 0.1) is 0 Å². The number of hydrogen-bond donors (Lipinski definition) is 3. The van der Waals surface area contributed by atoms with Crippen LogP contribution in [-0.2, 0) is 17.1 Å². The van der Waals surface area contributed by atoms with E-state index in [2.05, 4.69) is 4.72 Å². The van der Waals surface area contributed by atoms with Gasteiger partial charge < -0.3 is 16.0 Å². The molecule has 0 saturated heterocycles. The maximum absolute atomic E-state index is 12.2. The fraction of sp³-hybridized carbons (Fsp3) is 0.0833. The quantitative estimate of drug-likeness (QED) is 0.711. The highest BCUT2D eigenvalue weighted by atomic mass is 32.2. The number of aryl methyl sites for hydroxylation is 1. The van der Waals surface area contributed by atoms with Gasteiger partial charge in [0.25, 0.3) is 15.9 Å². The molecule has 0 unspecified atom stereocenters. The van der Waals surface area contributed by atoms with Crippen LogP contribution >= 0.6 is 0 Å². The Morgan fingerprint density at radius 2 is 1.85 bits per heavy atom. The van der Waals surface area contributed by atoms with Crippen molar-refractivity contribution in [2.45, 2.75) is 4.90 Å². The molecule has 2 rings (SSSR count). The topological polar surface area (TPSA) is 120 Å². The number of primary amides is 1. The van der Waals surface area contributed by atoms with E-state index in [1.54, 1.807) is 31.3 Å². The first-order chi connectivity index (χ1) is 9.29. The number of hydrogen-bond acceptors (Lipinski definition) is 4. The number of sulfonamides is 1. The zero-order chi connectivity index (χ0) is 14.9. The van der Waals surface area contributed by atoms with Crippen molar-refractivity contribution in [2.24, 2.45) is 12.8 Å². The van der Waals surface area contributed by atoms with Crippen LogP contribution in [0.15, 0.2) is 41.4 Å². The van der Waals surface area contributed by atoms with Gasteiger partial charge in [-0.05, 0) is 30.3 Å². The number of aromatic nitrogens is 1. The minimum atomic E-state index is -3.78. The van der Waals surface area contributed by atoms with Crippen molar-refractivity contribution < 1.29 is 13.2 Å². The van der Waals surface area contributed by atoms with E-state index < -0.39 is 15.9 Å². The third kappa shape index (κ3) is 2.75. The predicted molar refractivity (Wildman–Crippen MR) is 75.6 cm³/mol. The number of nitrogens with zero attached hydrogens (tertiary/aromatic N) is 1. The molecule has 7 nitrogen and oxygen atoms in total. The molecule has 0 radical (unpaired) electrons. The number of nitrogens with one attached hydrogen (secondary N) is 1. The molecule has 0 saturated carbocycles. The van der Waals surface area contributed by atoms with Crippen molar-refractivity contribution in [1.82, 2.24) is 4.57 Å². The third-order valence-electron chi connectivity index (χ3n) is 2.71. The van der Waals surface area contributed by atoms with Crippen LogP contribution < -0.4 is 16.2 Å². The Bertz CT molecular complexity index is 748. The summed E-state index contributed by atoms with van der Waals surface area (Å²) in [4.78, 5) is 11.1. The van der Waals surface area contributed by atoms with Crippen LogP contribution in [0.2, 0.25) is 0 Å². The monoisotopic (exact) mass is 294 g/mol. The highest BCUT2D eigenvalue weighted by Gasteiger charge is 2.19. The molecule has 0 spiro atoms. The summed E-state index contributed by atoms with van der Waals surface area (Å²) in [5.74, 6) is -0.693. The molecular weight excluding hydrogens is 280 g/mol. The van der Waals surface area contributed by atoms with Crippen molar-refractivity contribution in [3.63, 3.8) is 0 Å². The first-order valence-corrected chi connectivity index (χ1v) is 7.12. The van der Waals surface area contributed by atoms with Gasteiger partial charge >= 0.3 is 0 Å². The van der Waals surface area contributed by atoms with E-state index in [0.29, 0.717) is 11.4 Å². The maximum atomic E-state index is 12.2. The minimum Gasteiger partial charge on any atom is -0.399 e. The Balaban J connectivity index is 2.33. The molecule has 1 heterocycles. The summed E-state index contributed by atoms with van der Waals surface area (Å²) in [5.41, 5.74) is 11.7. The Morgan fingerprint density at radius 3 is 2.35 bits per heavy atom. The third-order valence-corrected chi connectivity index (χ3v) is 4.05. The average molecular weight is 294 g/mol. The van der Waals surface area contributed by atoms with Gasteiger partial charge in [-0.15, -0.1) is 0 Å². The summed E-state index contributed by atoms with van der Waals surface area (Å²) >= 11 is 0. The molecule has 1 amide bonds. The number of rotatable bonds is 4. The molecule has 0 aliphatic rings. The lowest BCUT2D eigenvalue weighted by Gasteiger charge is -2.06. The molecule has 0 aliphatic heterocycles. The second-order valence-corrected chi connectivity index (χ2v) is 5.95. The second kappa shape index (κ2) is 4.89. The van der Waals surface area contributed by atoms with Gasteiger partial charge in [0, 0.05) is 24.6 Å². The average Bonchev–Trinajstić information content (AvgIpc) is 2.75. The number of carbonyl (C=O) groups excluding carboxylic acids is 1. The zero-order valence-electron chi connectivity index (χ0n) is 10.7. The van der Waals surface area contributed by atoms with Crippen LogP contribution in [-0.4, -0.2) is 18.9 Å². The van der Waals surface area contributed by atoms with Gasteiger partial charge in [-0.25, -0.2) is 8.42 Å². The SMILES string of the molecule is Cn1cc(S(=O)(=O)Nc2ccc(N)cc2)cc1C(N)=O. The highest BCUT2D eigenvalue weighted by molar-refractivity contribution is 7.92. The van der Waals surface area contributed by atoms with Crippen LogP contribution in [0.1, 0.15) is 10.5 Å². The van der Waals surface area contributed by atoms with E-state index >= 15 is 0 Å². The lowest BCUT2D eigenvalue weighted by molar-refractivity contribution is 0.0992. The van der Waals surface area contributed by atoms with Crippen molar-refractivity contribution in [1.29, 1.82) is 0 Å². The Hall–Kier alpha value is -2.48. The molecule has 8 heteroatoms. The summed E-state index contributed by atoms with van der Waals surface area (Å²) in [6.07, 6.45) is 1.32. The molecule has 106 valence electrons. The summed E-state index contributed by atoms with van der Waals surface area (Å²) in [6.45, 7) is 0. The van der Waals surface area contributed by atoms with E-state index in [9.17, 15) is 13.2 Å². The van der Waals surface area contributed by atoms with E-state index in [-0.39, 0.29) is 10.6 Å². The fourth-order valence-electron chi connectivity index (χ4n) is 1.69. The van der Waals surface area contributed by atoms with Crippen LogP contribution in [0.4, 0.5) is 11.4 Å². The standard InChI is InChI=1S/C12H14N4O3S/c1-16-7-10(6-11(16)12(14)17)20(18,19)15-9-4-2-8(13)3-5-9/h2-7,15H,13H2,1H3,(H2,14,17). The molecule has 1 aromatic carbocycles. The number of anilines is 2. The van der Waals surface area contributed by atoms with Crippen LogP contribution in [0.25, 0.3) is 0 Å². The Morgan fingerprint density at radius 1 is 1.25 bits per heavy atom. The largest absolute Gasteiger partial charge is 0.399 e. The maximum Gasteiger partial charge on any atom is 0.265 e. The van der Waals surface area contributed by atoms with Gasteiger partial charge in [0.2, 0.25) is 0 Å². The summed E-state index contributed by atoms with van der Waals surface area (Å²) < 4.78 is 28.1. The fourth-order valence-corrected chi connectivity index (χ4v) is 2.82. The summed E-state index contributed by atoms with van der Waals surface area (Å²) in [7, 11) is -2.24. The number of nitrogen functional groups attached to an aromatic ring is 1. The number of amides is 1. The molecule has 20 heavy (non-hydrogen) atoms. The van der Waals surface area contributed by atoms with Gasteiger partial charge in [0.1, 0.15) is 10.6 Å². The lowest BCUT2D eigenvalue weighted by Crippen LogP contribution is -2.14. The molecule has 1 aromatic heterocycles. The van der Waals surface area contributed by atoms with E-state index in [1.165, 1.54) is 16.8 Å². The molecule has 2 aromatic rings. The van der Waals surface area contributed by atoms with Crippen molar-refractivity contribution in [2.75, 3.05) is 10.5 Å². The minimum absolute atomic E-state index is 0.0365. The predicted octanol–water partition coefficient (Wildman–Crippen LogP) is 0.507. The van der Waals surface area contributed by atoms with Gasteiger partial charge in [0.15, 0.2) is 0 Å². The van der Waals surface area contributed by atoms with Crippen LogP contribution in [0.5, 0.6) is 0 Å².